The van der Waals surface area contributed by atoms with Gasteiger partial charge in [-0.3, -0.25) is 9.36 Å². The second-order valence-electron chi connectivity index (χ2n) is 6.70. The quantitative estimate of drug-likeness (QED) is 0.357. The average Bonchev–Trinajstić information content (AvgIpc) is 3.51. The fourth-order valence-electron chi connectivity index (χ4n) is 3.27. The van der Waals surface area contributed by atoms with Crippen LogP contribution in [-0.2, 0) is 5.75 Å². The maximum absolute atomic E-state index is 12.9. The van der Waals surface area contributed by atoms with E-state index in [0.717, 1.165) is 26.7 Å². The van der Waals surface area contributed by atoms with Gasteiger partial charge >= 0.3 is 0 Å². The molecule has 0 fully saturated rings. The van der Waals surface area contributed by atoms with Gasteiger partial charge in [-0.15, -0.1) is 32.9 Å². The summed E-state index contributed by atoms with van der Waals surface area (Å²) in [6.07, 6.45) is 1.65. The number of aromatic nitrogens is 5. The molecule has 10 heteroatoms. The number of aryl methyl sites for hydroxylation is 1. The van der Waals surface area contributed by atoms with E-state index in [0.29, 0.717) is 22.1 Å². The lowest BCUT2D eigenvalue weighted by atomic mass is 10.2. The third kappa shape index (κ3) is 3.78. The largest absolute Gasteiger partial charge is 0.495 e. The molecule has 0 unspecified atom stereocenters. The molecule has 0 atom stereocenters. The number of H-pyrrole nitrogens is 1. The molecule has 0 aliphatic rings. The Bertz CT molecular complexity index is 1430. The SMILES string of the molecule is COc1ccccc1-n1cnnc1SCc1nc2scc(-c3ccc(C)s3)c2c(=O)[nH]1. The first kappa shape index (κ1) is 20.0. The van der Waals surface area contributed by atoms with E-state index in [2.05, 4.69) is 39.2 Å². The van der Waals surface area contributed by atoms with Gasteiger partial charge in [0.1, 0.15) is 22.7 Å². The summed E-state index contributed by atoms with van der Waals surface area (Å²) in [6, 6.07) is 11.8. The van der Waals surface area contributed by atoms with Crippen molar-refractivity contribution < 1.29 is 4.74 Å². The molecule has 4 aromatic heterocycles. The highest BCUT2D eigenvalue weighted by atomic mass is 32.2. The van der Waals surface area contributed by atoms with Crippen molar-refractivity contribution in [3.63, 3.8) is 0 Å². The number of thiophene rings is 2. The first-order chi connectivity index (χ1) is 15.1. The van der Waals surface area contributed by atoms with Gasteiger partial charge in [0.05, 0.1) is 23.9 Å². The maximum atomic E-state index is 12.9. The predicted molar refractivity (Wildman–Crippen MR) is 126 cm³/mol. The Balaban J connectivity index is 1.43. The van der Waals surface area contributed by atoms with E-state index >= 15 is 0 Å². The Morgan fingerprint density at radius 3 is 2.90 bits per heavy atom. The van der Waals surface area contributed by atoms with Crippen molar-refractivity contribution in [1.29, 1.82) is 0 Å². The number of hydrogen-bond donors (Lipinski definition) is 1. The zero-order valence-corrected chi connectivity index (χ0v) is 19.1. The summed E-state index contributed by atoms with van der Waals surface area (Å²) in [5.74, 6) is 1.80. The number of benzene rings is 1. The lowest BCUT2D eigenvalue weighted by Crippen LogP contribution is -2.10. The number of fused-ring (bicyclic) bond motifs is 1. The van der Waals surface area contributed by atoms with Crippen molar-refractivity contribution in [1.82, 2.24) is 24.7 Å². The number of ether oxygens (including phenoxy) is 1. The van der Waals surface area contributed by atoms with E-state index in [9.17, 15) is 4.79 Å². The van der Waals surface area contributed by atoms with E-state index in [-0.39, 0.29) is 5.56 Å². The smallest absolute Gasteiger partial charge is 0.260 e. The molecule has 0 aliphatic heterocycles. The molecule has 1 aromatic carbocycles. The van der Waals surface area contributed by atoms with Crippen LogP contribution in [0.2, 0.25) is 0 Å². The second kappa shape index (κ2) is 8.29. The summed E-state index contributed by atoms with van der Waals surface area (Å²) in [4.78, 5) is 23.5. The lowest BCUT2D eigenvalue weighted by Gasteiger charge is -2.10. The Hall–Kier alpha value is -2.95. The molecular formula is C21H17N5O2S3. The summed E-state index contributed by atoms with van der Waals surface area (Å²) in [6.45, 7) is 2.06. The molecule has 0 spiro atoms. The highest BCUT2D eigenvalue weighted by molar-refractivity contribution is 7.98. The van der Waals surface area contributed by atoms with Gasteiger partial charge in [0.15, 0.2) is 5.16 Å². The molecule has 0 radical (unpaired) electrons. The van der Waals surface area contributed by atoms with Crippen molar-refractivity contribution in [3.8, 4) is 21.9 Å². The number of methoxy groups -OCH3 is 1. The van der Waals surface area contributed by atoms with E-state index in [1.807, 2.05) is 34.2 Å². The van der Waals surface area contributed by atoms with Gasteiger partial charge in [-0.25, -0.2) is 4.98 Å². The van der Waals surface area contributed by atoms with Crippen LogP contribution in [0.1, 0.15) is 10.7 Å². The Kier molecular flexibility index (Phi) is 5.34. The number of nitrogens with zero attached hydrogens (tertiary/aromatic N) is 4. The third-order valence-electron chi connectivity index (χ3n) is 4.70. The van der Waals surface area contributed by atoms with Crippen LogP contribution in [0, 0.1) is 6.92 Å². The Morgan fingerprint density at radius 1 is 1.23 bits per heavy atom. The molecule has 5 rings (SSSR count). The van der Waals surface area contributed by atoms with Gasteiger partial charge in [-0.2, -0.15) is 0 Å². The van der Waals surface area contributed by atoms with Gasteiger partial charge in [0.25, 0.3) is 5.56 Å². The van der Waals surface area contributed by atoms with Crippen molar-refractivity contribution in [2.75, 3.05) is 7.11 Å². The molecule has 0 aliphatic carbocycles. The van der Waals surface area contributed by atoms with Crippen LogP contribution in [-0.4, -0.2) is 31.8 Å². The van der Waals surface area contributed by atoms with Gasteiger partial charge in [-0.1, -0.05) is 23.9 Å². The predicted octanol–water partition coefficient (Wildman–Crippen LogP) is 4.90. The van der Waals surface area contributed by atoms with E-state index < -0.39 is 0 Å². The molecule has 7 nitrogen and oxygen atoms in total. The van der Waals surface area contributed by atoms with Crippen LogP contribution in [0.5, 0.6) is 5.75 Å². The summed E-state index contributed by atoms with van der Waals surface area (Å²) in [7, 11) is 1.63. The van der Waals surface area contributed by atoms with Crippen molar-refractivity contribution >= 4 is 44.7 Å². The number of rotatable bonds is 6. The molecule has 31 heavy (non-hydrogen) atoms. The number of hydrogen-bond acceptors (Lipinski definition) is 8. The maximum Gasteiger partial charge on any atom is 0.260 e. The van der Waals surface area contributed by atoms with Crippen molar-refractivity contribution in [2.24, 2.45) is 0 Å². The minimum Gasteiger partial charge on any atom is -0.495 e. The molecule has 5 aromatic rings. The second-order valence-corrected chi connectivity index (χ2v) is 9.78. The van der Waals surface area contributed by atoms with Gasteiger partial charge < -0.3 is 9.72 Å². The topological polar surface area (TPSA) is 85.7 Å². The summed E-state index contributed by atoms with van der Waals surface area (Å²) in [5, 5.41) is 11.6. The Morgan fingerprint density at radius 2 is 2.10 bits per heavy atom. The first-order valence-corrected chi connectivity index (χ1v) is 12.1. The number of thioether (sulfide) groups is 1. The van der Waals surface area contributed by atoms with Gasteiger partial charge in [0.2, 0.25) is 0 Å². The van der Waals surface area contributed by atoms with Crippen molar-refractivity contribution in [2.45, 2.75) is 17.8 Å². The molecule has 1 N–H and O–H groups in total. The number of nitrogens with one attached hydrogen (secondary N) is 1. The number of para-hydroxylation sites is 2. The minimum atomic E-state index is -0.117. The van der Waals surface area contributed by atoms with E-state index in [1.54, 1.807) is 24.8 Å². The van der Waals surface area contributed by atoms with E-state index in [4.69, 9.17) is 4.74 Å². The zero-order valence-electron chi connectivity index (χ0n) is 16.7. The van der Waals surface area contributed by atoms with E-state index in [1.165, 1.54) is 28.0 Å². The summed E-state index contributed by atoms with van der Waals surface area (Å²) < 4.78 is 7.31. The van der Waals surface area contributed by atoms with Crippen LogP contribution in [0.25, 0.3) is 26.3 Å². The third-order valence-corrected chi connectivity index (χ3v) is 7.56. The van der Waals surface area contributed by atoms with Crippen molar-refractivity contribution in [3.05, 3.63) is 69.2 Å². The van der Waals surface area contributed by atoms with Gasteiger partial charge in [-0.05, 0) is 31.2 Å². The monoisotopic (exact) mass is 467 g/mol. The average molecular weight is 468 g/mol. The standard InChI is InChI=1S/C21H17N5O2S3/c1-12-7-8-16(31-12)13-9-29-20-18(13)19(27)23-17(24-20)10-30-21-25-22-11-26(21)14-5-3-4-6-15(14)28-2/h3-9,11H,10H2,1-2H3,(H,23,24,27). The highest BCUT2D eigenvalue weighted by Gasteiger charge is 2.16. The molecule has 0 saturated carbocycles. The highest BCUT2D eigenvalue weighted by Crippen LogP contribution is 2.35. The normalized spacial score (nSPS) is 11.3. The van der Waals surface area contributed by atoms with Crippen LogP contribution in [0.15, 0.2) is 58.1 Å². The molecule has 4 heterocycles. The molecular weight excluding hydrogens is 450 g/mol. The van der Waals surface area contributed by atoms with Crippen LogP contribution in [0.3, 0.4) is 0 Å². The minimum absolute atomic E-state index is 0.117. The molecule has 0 saturated heterocycles. The summed E-state index contributed by atoms with van der Waals surface area (Å²) in [5.41, 5.74) is 1.68. The fourth-order valence-corrected chi connectivity index (χ4v) is 5.99. The summed E-state index contributed by atoms with van der Waals surface area (Å²) >= 11 is 4.62. The zero-order chi connectivity index (χ0) is 21.4. The lowest BCUT2D eigenvalue weighted by molar-refractivity contribution is 0.412. The number of aromatic amines is 1. The first-order valence-electron chi connectivity index (χ1n) is 9.37. The molecule has 0 amide bonds. The molecule has 0 bridgehead atoms. The van der Waals surface area contributed by atoms with Crippen LogP contribution >= 0.6 is 34.4 Å². The van der Waals surface area contributed by atoms with Gasteiger partial charge in [0, 0.05) is 20.7 Å². The Labute approximate surface area is 189 Å². The van der Waals surface area contributed by atoms with Crippen LogP contribution < -0.4 is 10.3 Å². The van der Waals surface area contributed by atoms with Crippen LogP contribution in [0.4, 0.5) is 0 Å². The molecule has 156 valence electrons. The fraction of sp³-hybridized carbons (Fsp3) is 0.143.